The third-order valence-electron chi connectivity index (χ3n) is 6.38. The summed E-state index contributed by atoms with van der Waals surface area (Å²) in [7, 11) is 1.61. The Morgan fingerprint density at radius 3 is 2.42 bits per heavy atom. The number of piperazine rings is 1. The Labute approximate surface area is 211 Å². The average Bonchev–Trinajstić information content (AvgIpc) is 3.38. The van der Waals surface area contributed by atoms with Crippen LogP contribution in [-0.4, -0.2) is 76.5 Å². The Morgan fingerprint density at radius 2 is 1.75 bits per heavy atom. The van der Waals surface area contributed by atoms with Crippen molar-refractivity contribution >= 4 is 11.8 Å². The van der Waals surface area contributed by atoms with Crippen molar-refractivity contribution in [2.24, 2.45) is 0 Å². The van der Waals surface area contributed by atoms with Gasteiger partial charge in [0.05, 0.1) is 13.7 Å². The quantitative estimate of drug-likeness (QED) is 0.430. The molecule has 190 valence electrons. The number of aromatic nitrogens is 2. The van der Waals surface area contributed by atoms with Gasteiger partial charge in [0.15, 0.2) is 5.82 Å². The molecule has 9 heteroatoms. The zero-order chi connectivity index (χ0) is 25.3. The van der Waals surface area contributed by atoms with E-state index in [0.29, 0.717) is 62.8 Å². The highest BCUT2D eigenvalue weighted by Crippen LogP contribution is 2.15. The van der Waals surface area contributed by atoms with E-state index in [2.05, 4.69) is 15.0 Å². The summed E-state index contributed by atoms with van der Waals surface area (Å²) in [4.78, 5) is 35.8. The number of methoxy groups -OCH3 is 1. The van der Waals surface area contributed by atoms with Gasteiger partial charge >= 0.3 is 0 Å². The van der Waals surface area contributed by atoms with E-state index in [4.69, 9.17) is 9.26 Å². The second kappa shape index (κ2) is 12.3. The molecule has 2 amide bonds. The normalized spacial score (nSPS) is 14.0. The molecule has 0 saturated carbocycles. The van der Waals surface area contributed by atoms with Gasteiger partial charge in [0.25, 0.3) is 5.91 Å². The highest BCUT2D eigenvalue weighted by Gasteiger charge is 2.23. The Hall–Kier alpha value is -3.72. The summed E-state index contributed by atoms with van der Waals surface area (Å²) in [5.74, 6) is 1.90. The van der Waals surface area contributed by atoms with Crippen LogP contribution in [0.2, 0.25) is 0 Å². The Balaban J connectivity index is 1.21. The molecule has 4 rings (SSSR count). The highest BCUT2D eigenvalue weighted by atomic mass is 16.5. The maximum Gasteiger partial charge on any atom is 0.253 e. The molecule has 0 unspecified atom stereocenters. The lowest BCUT2D eigenvalue weighted by Crippen LogP contribution is -2.48. The number of hydrogen-bond donors (Lipinski definition) is 0. The minimum Gasteiger partial charge on any atom is -0.497 e. The van der Waals surface area contributed by atoms with Gasteiger partial charge in [-0.15, -0.1) is 0 Å². The van der Waals surface area contributed by atoms with Gasteiger partial charge in [-0.1, -0.05) is 35.5 Å². The molecule has 0 atom stereocenters. The van der Waals surface area contributed by atoms with E-state index in [1.165, 1.54) is 0 Å². The van der Waals surface area contributed by atoms with E-state index < -0.39 is 0 Å². The van der Waals surface area contributed by atoms with Gasteiger partial charge in [-0.3, -0.25) is 14.5 Å². The molecular weight excluding hydrogens is 458 g/mol. The third-order valence-corrected chi connectivity index (χ3v) is 6.38. The van der Waals surface area contributed by atoms with Crippen molar-refractivity contribution in [2.75, 3.05) is 39.8 Å². The second-order valence-electron chi connectivity index (χ2n) is 8.79. The van der Waals surface area contributed by atoms with Gasteiger partial charge in [0.1, 0.15) is 5.75 Å². The number of ether oxygens (including phenoxy) is 1. The Bertz CT molecular complexity index is 1120. The molecule has 0 aliphatic carbocycles. The van der Waals surface area contributed by atoms with Gasteiger partial charge in [0, 0.05) is 57.7 Å². The maximum absolute atomic E-state index is 12.8. The first kappa shape index (κ1) is 25.4. The number of carbonyl (C=O) groups excluding carboxylic acids is 2. The Morgan fingerprint density at radius 1 is 1.03 bits per heavy atom. The zero-order valence-corrected chi connectivity index (χ0v) is 20.9. The number of nitrogens with zero attached hydrogens (tertiary/aromatic N) is 5. The first-order valence-corrected chi connectivity index (χ1v) is 12.3. The second-order valence-corrected chi connectivity index (χ2v) is 8.79. The van der Waals surface area contributed by atoms with Crippen LogP contribution in [0.1, 0.15) is 41.0 Å². The molecule has 0 N–H and O–H groups in total. The molecule has 1 aliphatic heterocycles. The molecule has 1 saturated heterocycles. The van der Waals surface area contributed by atoms with E-state index in [9.17, 15) is 9.59 Å². The van der Waals surface area contributed by atoms with Crippen LogP contribution in [0.15, 0.2) is 59.1 Å². The van der Waals surface area contributed by atoms with Crippen molar-refractivity contribution in [3.05, 3.63) is 77.4 Å². The zero-order valence-electron chi connectivity index (χ0n) is 20.9. The van der Waals surface area contributed by atoms with Gasteiger partial charge < -0.3 is 19.1 Å². The molecule has 9 nitrogen and oxygen atoms in total. The largest absolute Gasteiger partial charge is 0.497 e. The smallest absolute Gasteiger partial charge is 0.253 e. The molecule has 1 aromatic heterocycles. The molecule has 3 aromatic rings. The number of benzene rings is 2. The van der Waals surface area contributed by atoms with Crippen molar-refractivity contribution in [2.45, 2.75) is 32.9 Å². The van der Waals surface area contributed by atoms with E-state index in [0.717, 1.165) is 24.4 Å². The summed E-state index contributed by atoms with van der Waals surface area (Å²) >= 11 is 0. The number of carbonyl (C=O) groups is 2. The summed E-state index contributed by atoms with van der Waals surface area (Å²) < 4.78 is 10.6. The Kier molecular flexibility index (Phi) is 8.67. The van der Waals surface area contributed by atoms with Crippen LogP contribution in [0.4, 0.5) is 0 Å². The fourth-order valence-corrected chi connectivity index (χ4v) is 4.23. The minimum atomic E-state index is 0.0252. The van der Waals surface area contributed by atoms with Crippen molar-refractivity contribution in [3.8, 4) is 5.75 Å². The van der Waals surface area contributed by atoms with Gasteiger partial charge in [-0.2, -0.15) is 4.98 Å². The molecule has 36 heavy (non-hydrogen) atoms. The van der Waals surface area contributed by atoms with Crippen molar-refractivity contribution in [1.29, 1.82) is 0 Å². The monoisotopic (exact) mass is 491 g/mol. The minimum absolute atomic E-state index is 0.0252. The number of rotatable bonds is 10. The van der Waals surface area contributed by atoms with Crippen molar-refractivity contribution in [1.82, 2.24) is 24.8 Å². The fourth-order valence-electron chi connectivity index (χ4n) is 4.23. The van der Waals surface area contributed by atoms with Gasteiger partial charge in [-0.05, 0) is 36.8 Å². The molecule has 0 spiro atoms. The van der Waals surface area contributed by atoms with E-state index in [1.807, 2.05) is 47.1 Å². The summed E-state index contributed by atoms with van der Waals surface area (Å²) in [5.41, 5.74) is 1.77. The van der Waals surface area contributed by atoms with E-state index in [-0.39, 0.29) is 11.8 Å². The van der Waals surface area contributed by atoms with E-state index in [1.54, 1.807) is 31.4 Å². The van der Waals surface area contributed by atoms with Gasteiger partial charge in [-0.25, -0.2) is 0 Å². The molecular formula is C27H33N5O4. The summed E-state index contributed by atoms with van der Waals surface area (Å²) in [6.45, 7) is 6.52. The lowest BCUT2D eigenvalue weighted by Gasteiger charge is -2.34. The predicted octanol–water partition coefficient (Wildman–Crippen LogP) is 3.02. The number of amides is 2. The van der Waals surface area contributed by atoms with Crippen LogP contribution in [0.5, 0.6) is 5.75 Å². The molecule has 0 bridgehead atoms. The summed E-state index contributed by atoms with van der Waals surface area (Å²) in [5, 5.41) is 4.09. The molecule has 1 fully saturated rings. The fraction of sp³-hybridized carbons (Fsp3) is 0.407. The van der Waals surface area contributed by atoms with Gasteiger partial charge in [0.2, 0.25) is 11.8 Å². The van der Waals surface area contributed by atoms with Crippen LogP contribution in [0.3, 0.4) is 0 Å². The lowest BCUT2D eigenvalue weighted by atomic mass is 10.1. The standard InChI is InChI=1S/C27H33N5O4/c1-3-31(19-21-7-5-4-6-8-21)26(33)14-13-25-28-24(29-36-25)20-30-15-17-32(18-16-30)27(34)22-9-11-23(35-2)12-10-22/h4-12H,3,13-20H2,1-2H3. The van der Waals surface area contributed by atoms with Crippen molar-refractivity contribution in [3.63, 3.8) is 0 Å². The first-order chi connectivity index (χ1) is 17.6. The van der Waals surface area contributed by atoms with E-state index >= 15 is 0 Å². The average molecular weight is 492 g/mol. The lowest BCUT2D eigenvalue weighted by molar-refractivity contribution is -0.131. The molecule has 2 aromatic carbocycles. The van der Waals surface area contributed by atoms with Crippen LogP contribution >= 0.6 is 0 Å². The topological polar surface area (TPSA) is 92.0 Å². The van der Waals surface area contributed by atoms with Crippen LogP contribution in [0.25, 0.3) is 0 Å². The SMILES string of the molecule is CCN(Cc1ccccc1)C(=O)CCc1nc(CN2CCN(C(=O)c3ccc(OC)cc3)CC2)no1. The highest BCUT2D eigenvalue weighted by molar-refractivity contribution is 5.94. The molecule has 1 aliphatic rings. The van der Waals surface area contributed by atoms with Crippen LogP contribution in [-0.2, 0) is 24.3 Å². The van der Waals surface area contributed by atoms with Crippen LogP contribution in [0, 0.1) is 0 Å². The maximum atomic E-state index is 12.8. The number of aryl methyl sites for hydroxylation is 1. The summed E-state index contributed by atoms with van der Waals surface area (Å²) in [6.07, 6.45) is 0.746. The molecule has 0 radical (unpaired) electrons. The first-order valence-electron chi connectivity index (χ1n) is 12.3. The number of hydrogen-bond acceptors (Lipinski definition) is 7. The third kappa shape index (κ3) is 6.69. The van der Waals surface area contributed by atoms with Crippen molar-refractivity contribution < 1.29 is 18.8 Å². The summed E-state index contributed by atoms with van der Waals surface area (Å²) in [6, 6.07) is 17.2. The predicted molar refractivity (Wildman–Crippen MR) is 134 cm³/mol. The molecule has 2 heterocycles. The van der Waals surface area contributed by atoms with Crippen LogP contribution < -0.4 is 4.74 Å².